The summed E-state index contributed by atoms with van der Waals surface area (Å²) in [5.74, 6) is 1.47. The quantitative estimate of drug-likeness (QED) is 0.809. The predicted molar refractivity (Wildman–Crippen MR) is 71.5 cm³/mol. The maximum absolute atomic E-state index is 6.02. The maximum Gasteiger partial charge on any atom is 0.145 e. The first-order valence-corrected chi connectivity index (χ1v) is 6.17. The van der Waals surface area contributed by atoms with Gasteiger partial charge in [-0.3, -0.25) is 5.10 Å². The molecule has 0 unspecified atom stereocenters. The van der Waals surface area contributed by atoms with Gasteiger partial charge in [0.25, 0.3) is 0 Å². The number of aromatic nitrogens is 2. The summed E-state index contributed by atoms with van der Waals surface area (Å²) in [6.07, 6.45) is 2.12. The van der Waals surface area contributed by atoms with Crippen LogP contribution in [0.1, 0.15) is 25.8 Å². The van der Waals surface area contributed by atoms with E-state index in [9.17, 15) is 0 Å². The molecule has 1 aliphatic rings. The van der Waals surface area contributed by atoms with Crippen LogP contribution < -0.4 is 10.5 Å². The molecule has 3 N–H and O–H groups in total. The number of hydrogen-bond acceptors (Lipinski definition) is 3. The Morgan fingerprint density at radius 2 is 2.17 bits per heavy atom. The van der Waals surface area contributed by atoms with E-state index >= 15 is 0 Å². The fourth-order valence-corrected chi connectivity index (χ4v) is 2.29. The predicted octanol–water partition coefficient (Wildman–Crippen LogP) is 2.76. The zero-order valence-corrected chi connectivity index (χ0v) is 10.7. The lowest BCUT2D eigenvalue weighted by atomic mass is 9.93. The van der Waals surface area contributed by atoms with Gasteiger partial charge in [-0.05, 0) is 38.3 Å². The van der Waals surface area contributed by atoms with Gasteiger partial charge in [0.15, 0.2) is 0 Å². The normalized spacial score (nSPS) is 17.0. The SMILES string of the molecule is CC1(C)CCc2ccc(-c3cc(N)n[nH]3)cc2O1. The van der Waals surface area contributed by atoms with Crippen LogP contribution in [0.25, 0.3) is 11.3 Å². The Kier molecular flexibility index (Phi) is 2.33. The molecule has 0 atom stereocenters. The number of nitrogens with one attached hydrogen (secondary N) is 1. The summed E-state index contributed by atoms with van der Waals surface area (Å²) in [4.78, 5) is 0. The van der Waals surface area contributed by atoms with Crippen molar-refractivity contribution in [2.45, 2.75) is 32.3 Å². The third-order valence-electron chi connectivity index (χ3n) is 3.36. The standard InChI is InChI=1S/C14H17N3O/c1-14(2)6-5-9-3-4-10(7-12(9)18-14)11-8-13(15)17-16-11/h3-4,7-8H,5-6H2,1-2H3,(H3,15,16,17). The van der Waals surface area contributed by atoms with Gasteiger partial charge < -0.3 is 10.5 Å². The van der Waals surface area contributed by atoms with E-state index in [2.05, 4.69) is 42.2 Å². The molecule has 3 rings (SSSR count). The van der Waals surface area contributed by atoms with Crippen molar-refractivity contribution < 1.29 is 4.74 Å². The molecular formula is C14H17N3O. The fraction of sp³-hybridized carbons (Fsp3) is 0.357. The Bertz CT molecular complexity index is 586. The summed E-state index contributed by atoms with van der Waals surface area (Å²) in [6.45, 7) is 4.24. The molecule has 0 amide bonds. The van der Waals surface area contributed by atoms with Gasteiger partial charge in [0.05, 0.1) is 5.69 Å². The summed E-state index contributed by atoms with van der Waals surface area (Å²) < 4.78 is 6.02. The topological polar surface area (TPSA) is 63.9 Å². The van der Waals surface area contributed by atoms with Crippen LogP contribution in [0.5, 0.6) is 5.75 Å². The second-order valence-electron chi connectivity index (χ2n) is 5.39. The molecule has 1 aromatic heterocycles. The number of anilines is 1. The van der Waals surface area contributed by atoms with E-state index in [1.165, 1.54) is 5.56 Å². The van der Waals surface area contributed by atoms with E-state index in [1.807, 2.05) is 6.07 Å². The molecule has 2 aromatic rings. The van der Waals surface area contributed by atoms with Crippen LogP contribution in [0.4, 0.5) is 5.82 Å². The van der Waals surface area contributed by atoms with Crippen LogP contribution >= 0.6 is 0 Å². The Hall–Kier alpha value is -1.97. The highest BCUT2D eigenvalue weighted by Crippen LogP contribution is 2.35. The number of nitrogens with two attached hydrogens (primary N) is 1. The number of aromatic amines is 1. The lowest BCUT2D eigenvalue weighted by Gasteiger charge is -2.32. The molecule has 0 spiro atoms. The number of ether oxygens (including phenoxy) is 1. The van der Waals surface area contributed by atoms with Crippen LogP contribution in [0.3, 0.4) is 0 Å². The lowest BCUT2D eigenvalue weighted by molar-refractivity contribution is 0.0848. The van der Waals surface area contributed by atoms with E-state index in [0.29, 0.717) is 5.82 Å². The molecular weight excluding hydrogens is 226 g/mol. The van der Waals surface area contributed by atoms with Gasteiger partial charge in [-0.1, -0.05) is 12.1 Å². The molecule has 0 bridgehead atoms. The fourth-order valence-electron chi connectivity index (χ4n) is 2.29. The molecule has 4 heteroatoms. The molecule has 18 heavy (non-hydrogen) atoms. The number of aryl methyl sites for hydroxylation is 1. The van der Waals surface area contributed by atoms with Crippen molar-refractivity contribution in [1.29, 1.82) is 0 Å². The zero-order chi connectivity index (χ0) is 12.8. The molecule has 0 saturated carbocycles. The zero-order valence-electron chi connectivity index (χ0n) is 10.7. The van der Waals surface area contributed by atoms with Crippen molar-refractivity contribution in [3.63, 3.8) is 0 Å². The Labute approximate surface area is 106 Å². The van der Waals surface area contributed by atoms with Crippen LogP contribution in [-0.2, 0) is 6.42 Å². The van der Waals surface area contributed by atoms with Crippen molar-refractivity contribution in [2.24, 2.45) is 0 Å². The van der Waals surface area contributed by atoms with Crippen LogP contribution in [-0.4, -0.2) is 15.8 Å². The number of rotatable bonds is 1. The molecule has 94 valence electrons. The van der Waals surface area contributed by atoms with E-state index in [4.69, 9.17) is 10.5 Å². The Morgan fingerprint density at radius 3 is 2.89 bits per heavy atom. The summed E-state index contributed by atoms with van der Waals surface area (Å²) in [6, 6.07) is 8.09. The van der Waals surface area contributed by atoms with Gasteiger partial charge in [0.2, 0.25) is 0 Å². The summed E-state index contributed by atoms with van der Waals surface area (Å²) in [7, 11) is 0. The van der Waals surface area contributed by atoms with E-state index in [1.54, 1.807) is 0 Å². The van der Waals surface area contributed by atoms with E-state index in [-0.39, 0.29) is 5.60 Å². The van der Waals surface area contributed by atoms with E-state index in [0.717, 1.165) is 29.8 Å². The van der Waals surface area contributed by atoms with Crippen LogP contribution in [0.2, 0.25) is 0 Å². The van der Waals surface area contributed by atoms with Gasteiger partial charge >= 0.3 is 0 Å². The van der Waals surface area contributed by atoms with Crippen LogP contribution in [0, 0.1) is 0 Å². The minimum atomic E-state index is -0.0847. The molecule has 0 fully saturated rings. The number of nitrogens with zero attached hydrogens (tertiary/aromatic N) is 1. The molecule has 0 saturated heterocycles. The van der Waals surface area contributed by atoms with Crippen molar-refractivity contribution in [3.8, 4) is 17.0 Å². The first-order chi connectivity index (χ1) is 8.53. The first kappa shape index (κ1) is 11.1. The highest BCUT2D eigenvalue weighted by molar-refractivity contribution is 5.65. The van der Waals surface area contributed by atoms with Crippen LogP contribution in [0.15, 0.2) is 24.3 Å². The number of fused-ring (bicyclic) bond motifs is 1. The summed E-state index contributed by atoms with van der Waals surface area (Å²) in [5, 5.41) is 6.86. The number of benzene rings is 1. The smallest absolute Gasteiger partial charge is 0.145 e. The summed E-state index contributed by atoms with van der Waals surface area (Å²) >= 11 is 0. The minimum Gasteiger partial charge on any atom is -0.488 e. The molecule has 1 aliphatic heterocycles. The Morgan fingerprint density at radius 1 is 1.33 bits per heavy atom. The minimum absolute atomic E-state index is 0.0847. The monoisotopic (exact) mass is 243 g/mol. The largest absolute Gasteiger partial charge is 0.488 e. The molecule has 4 nitrogen and oxygen atoms in total. The average molecular weight is 243 g/mol. The Balaban J connectivity index is 2.00. The highest BCUT2D eigenvalue weighted by Gasteiger charge is 2.26. The average Bonchev–Trinajstić information content (AvgIpc) is 2.74. The van der Waals surface area contributed by atoms with Crippen molar-refractivity contribution in [3.05, 3.63) is 29.8 Å². The summed E-state index contributed by atoms with van der Waals surface area (Å²) in [5.41, 5.74) is 8.78. The number of hydrogen-bond donors (Lipinski definition) is 2. The van der Waals surface area contributed by atoms with E-state index < -0.39 is 0 Å². The van der Waals surface area contributed by atoms with Gasteiger partial charge in [0.1, 0.15) is 17.2 Å². The van der Waals surface area contributed by atoms with Crippen molar-refractivity contribution in [2.75, 3.05) is 5.73 Å². The van der Waals surface area contributed by atoms with Crippen molar-refractivity contribution in [1.82, 2.24) is 10.2 Å². The number of H-pyrrole nitrogens is 1. The maximum atomic E-state index is 6.02. The lowest BCUT2D eigenvalue weighted by Crippen LogP contribution is -2.32. The van der Waals surface area contributed by atoms with Gasteiger partial charge in [0, 0.05) is 11.6 Å². The van der Waals surface area contributed by atoms with Gasteiger partial charge in [-0.15, -0.1) is 0 Å². The first-order valence-electron chi connectivity index (χ1n) is 6.17. The second kappa shape index (κ2) is 3.77. The highest BCUT2D eigenvalue weighted by atomic mass is 16.5. The van der Waals surface area contributed by atoms with Gasteiger partial charge in [-0.25, -0.2) is 0 Å². The third kappa shape index (κ3) is 1.94. The van der Waals surface area contributed by atoms with Gasteiger partial charge in [-0.2, -0.15) is 5.10 Å². The molecule has 0 aliphatic carbocycles. The molecule has 0 radical (unpaired) electrons. The third-order valence-corrected chi connectivity index (χ3v) is 3.36. The molecule has 1 aromatic carbocycles. The number of nitrogen functional groups attached to an aromatic ring is 1. The van der Waals surface area contributed by atoms with Crippen molar-refractivity contribution >= 4 is 5.82 Å². The second-order valence-corrected chi connectivity index (χ2v) is 5.39. The molecule has 2 heterocycles.